The van der Waals surface area contributed by atoms with E-state index in [4.69, 9.17) is 26.7 Å². The summed E-state index contributed by atoms with van der Waals surface area (Å²) in [6.45, 7) is 0.163. The molecule has 0 radical (unpaired) electrons. The van der Waals surface area contributed by atoms with Crippen LogP contribution in [0.3, 0.4) is 0 Å². The van der Waals surface area contributed by atoms with E-state index in [0.717, 1.165) is 0 Å². The van der Waals surface area contributed by atoms with Crippen molar-refractivity contribution < 1.29 is 28.2 Å². The Kier molecular flexibility index (Phi) is 12.9. The van der Waals surface area contributed by atoms with Gasteiger partial charge in [0.05, 0.1) is 17.7 Å². The number of aliphatic imine (C=N–C) groups is 1. The summed E-state index contributed by atoms with van der Waals surface area (Å²) in [6.07, 6.45) is 3.54. The number of pyridine rings is 1. The van der Waals surface area contributed by atoms with E-state index in [0.29, 0.717) is 29.2 Å². The lowest BCUT2D eigenvalue weighted by Crippen LogP contribution is -2.41. The molecule has 4 N–H and O–H groups in total. The summed E-state index contributed by atoms with van der Waals surface area (Å²) >= 11 is 6.03. The fourth-order valence-electron chi connectivity index (χ4n) is 4.13. The van der Waals surface area contributed by atoms with Crippen molar-refractivity contribution in [1.29, 1.82) is 5.26 Å². The first-order valence-electron chi connectivity index (χ1n) is 13.4. The molecule has 11 nitrogen and oxygen atoms in total. The minimum Gasteiger partial charge on any atom is -0.447 e. The molecular weight excluding hydrogens is 584 g/mol. The van der Waals surface area contributed by atoms with Crippen molar-refractivity contribution in [3.05, 3.63) is 70.9 Å². The number of likely N-dealkylation sites (N-methyl/N-ethyl adjacent to an activating group) is 1. The van der Waals surface area contributed by atoms with Gasteiger partial charge >= 0.3 is 6.09 Å². The number of aliphatic hydroxyl groups excluding tert-OH is 1. The molecule has 0 bridgehead atoms. The van der Waals surface area contributed by atoms with E-state index < -0.39 is 23.8 Å². The number of halogens is 3. The van der Waals surface area contributed by atoms with Crippen molar-refractivity contribution in [1.82, 2.24) is 20.5 Å². The molecule has 0 saturated carbocycles. The van der Waals surface area contributed by atoms with Gasteiger partial charge in [0, 0.05) is 38.1 Å². The zero-order chi connectivity index (χ0) is 31.2. The molecule has 2 amide bonds. The van der Waals surface area contributed by atoms with Crippen molar-refractivity contribution in [3.63, 3.8) is 0 Å². The van der Waals surface area contributed by atoms with Crippen LogP contribution < -0.4 is 16.0 Å². The summed E-state index contributed by atoms with van der Waals surface area (Å²) in [5.41, 5.74) is 0.501. The van der Waals surface area contributed by atoms with Crippen LogP contribution in [0.25, 0.3) is 10.8 Å². The normalized spacial score (nSPS) is 11.9. The number of amides is 2. The molecule has 0 aliphatic carbocycles. The van der Waals surface area contributed by atoms with Gasteiger partial charge in [-0.3, -0.25) is 20.4 Å². The number of aromatic nitrogens is 1. The highest BCUT2D eigenvalue weighted by Gasteiger charge is 2.22. The summed E-state index contributed by atoms with van der Waals surface area (Å²) in [7, 11) is 1.58. The van der Waals surface area contributed by atoms with Crippen LogP contribution in [0.1, 0.15) is 24.8 Å². The first-order chi connectivity index (χ1) is 20.7. The first-order valence-corrected chi connectivity index (χ1v) is 13.8. The molecule has 0 spiro atoms. The smallest absolute Gasteiger partial charge is 0.412 e. The number of hydrogen-bond acceptors (Lipinski definition) is 7. The number of carbonyl (C=O) groups is 2. The number of nitrogens with zero attached hydrogens (tertiary/aromatic N) is 4. The maximum atomic E-state index is 13.8. The molecule has 228 valence electrons. The third kappa shape index (κ3) is 10.4. The molecule has 2 aromatic carbocycles. The number of ether oxygens (including phenoxy) is 1. The monoisotopic (exact) mass is 615 g/mol. The van der Waals surface area contributed by atoms with Crippen molar-refractivity contribution in [2.45, 2.75) is 31.7 Å². The Hall–Kier alpha value is -4.54. The van der Waals surface area contributed by atoms with Gasteiger partial charge in [0.1, 0.15) is 24.1 Å². The Bertz CT molecular complexity index is 1480. The van der Waals surface area contributed by atoms with Gasteiger partial charge in [-0.05, 0) is 60.5 Å². The van der Waals surface area contributed by atoms with Crippen LogP contribution in [-0.4, -0.2) is 72.3 Å². The number of fused-ring (bicyclic) bond motifs is 1. The topological polar surface area (TPSA) is 152 Å². The molecule has 0 aliphatic rings. The fraction of sp³-hybridized carbons (Fsp3) is 0.345. The zero-order valence-corrected chi connectivity index (χ0v) is 24.2. The Balaban J connectivity index is 1.64. The lowest BCUT2D eigenvalue weighted by Gasteiger charge is -2.28. The number of aliphatic hydroxyl groups is 1. The zero-order valence-electron chi connectivity index (χ0n) is 23.4. The lowest BCUT2D eigenvalue weighted by molar-refractivity contribution is -0.132. The van der Waals surface area contributed by atoms with Gasteiger partial charge in [-0.15, -0.1) is 0 Å². The number of carbonyl (C=O) groups excluding carboxylic acids is 2. The summed E-state index contributed by atoms with van der Waals surface area (Å²) < 4.78 is 32.8. The minimum absolute atomic E-state index is 0.0333. The molecule has 0 unspecified atom stereocenters. The number of guanidine groups is 1. The molecule has 0 aliphatic heterocycles. The maximum absolute atomic E-state index is 13.8. The predicted molar refractivity (Wildman–Crippen MR) is 158 cm³/mol. The van der Waals surface area contributed by atoms with E-state index in [9.17, 15) is 18.4 Å². The van der Waals surface area contributed by atoms with E-state index in [1.807, 2.05) is 0 Å². The fourth-order valence-corrected chi connectivity index (χ4v) is 4.35. The maximum Gasteiger partial charge on any atom is 0.412 e. The molecule has 1 heterocycles. The second-order valence-electron chi connectivity index (χ2n) is 9.42. The molecule has 1 aromatic heterocycles. The molecule has 1 atom stereocenters. The van der Waals surface area contributed by atoms with Gasteiger partial charge in [0.25, 0.3) is 0 Å². The molecule has 14 heteroatoms. The molecule has 0 fully saturated rings. The minimum atomic E-state index is -0.813. The molecule has 3 rings (SSSR count). The van der Waals surface area contributed by atoms with Crippen LogP contribution in [0.15, 0.2) is 53.7 Å². The molecule has 3 aromatic rings. The summed E-state index contributed by atoms with van der Waals surface area (Å²) in [4.78, 5) is 35.5. The number of aryl methyl sites for hydroxylation is 1. The summed E-state index contributed by atoms with van der Waals surface area (Å²) in [5, 5.41) is 26.8. The average molecular weight is 616 g/mol. The summed E-state index contributed by atoms with van der Waals surface area (Å²) in [5.74, 6) is -0.900. The van der Waals surface area contributed by atoms with Gasteiger partial charge in [-0.2, -0.15) is 5.26 Å². The molecule has 43 heavy (non-hydrogen) atoms. The van der Waals surface area contributed by atoms with Crippen LogP contribution in [0.2, 0.25) is 5.02 Å². The highest BCUT2D eigenvalue weighted by Crippen LogP contribution is 2.22. The standard InChI is InChI=1S/C29H32ClF2N7O4/c1-39(26(41)10-8-19-4-2-6-24(32)27(19)30)23(5-3-11-34-28(37-18-33)35-12-13-40)17-43-29(42)38-25-15-21-14-22(31)9-7-20(21)16-36-25/h2,4,6-7,9,14-16,23,40H,3,5,8,10-13,17H2,1H3,(H2,34,35,37)(H,36,38,42)/t23-/m0/s1. The van der Waals surface area contributed by atoms with E-state index >= 15 is 0 Å². The lowest BCUT2D eigenvalue weighted by atomic mass is 10.1. The third-order valence-corrected chi connectivity index (χ3v) is 6.87. The van der Waals surface area contributed by atoms with Crippen LogP contribution in [-0.2, 0) is 16.0 Å². The summed E-state index contributed by atoms with van der Waals surface area (Å²) in [6, 6.07) is 9.58. The van der Waals surface area contributed by atoms with Crippen molar-refractivity contribution in [2.75, 3.05) is 38.7 Å². The Morgan fingerprint density at radius 3 is 2.81 bits per heavy atom. The van der Waals surface area contributed by atoms with Crippen LogP contribution in [0, 0.1) is 23.1 Å². The van der Waals surface area contributed by atoms with Crippen LogP contribution in [0.4, 0.5) is 19.4 Å². The van der Waals surface area contributed by atoms with Gasteiger partial charge in [-0.25, -0.2) is 18.6 Å². The predicted octanol–water partition coefficient (Wildman–Crippen LogP) is 3.96. The number of rotatable bonds is 13. The Morgan fingerprint density at radius 2 is 2.05 bits per heavy atom. The van der Waals surface area contributed by atoms with Crippen LogP contribution >= 0.6 is 11.6 Å². The third-order valence-electron chi connectivity index (χ3n) is 6.45. The number of anilines is 1. The van der Waals surface area contributed by atoms with Gasteiger partial charge in [-0.1, -0.05) is 23.7 Å². The number of nitriles is 1. The van der Waals surface area contributed by atoms with Crippen molar-refractivity contribution in [2.24, 2.45) is 4.99 Å². The second kappa shape index (κ2) is 16.8. The largest absolute Gasteiger partial charge is 0.447 e. The van der Waals surface area contributed by atoms with Gasteiger partial charge in [0.15, 0.2) is 6.19 Å². The van der Waals surface area contributed by atoms with Gasteiger partial charge < -0.3 is 20.1 Å². The number of benzene rings is 2. The van der Waals surface area contributed by atoms with E-state index in [1.54, 1.807) is 25.4 Å². The quantitative estimate of drug-likeness (QED) is 0.0741. The van der Waals surface area contributed by atoms with E-state index in [-0.39, 0.29) is 61.9 Å². The second-order valence-corrected chi connectivity index (χ2v) is 9.79. The SMILES string of the molecule is CN(C(=O)CCc1cccc(F)c1Cl)[C@@H](CCCN=C(NC#N)NCCO)COC(=O)Nc1cc2cc(F)ccc2cn1. The van der Waals surface area contributed by atoms with Gasteiger partial charge in [0.2, 0.25) is 11.9 Å². The number of nitrogens with one attached hydrogen (secondary N) is 3. The Morgan fingerprint density at radius 1 is 1.23 bits per heavy atom. The van der Waals surface area contributed by atoms with Crippen molar-refractivity contribution in [3.8, 4) is 6.19 Å². The highest BCUT2D eigenvalue weighted by atomic mass is 35.5. The van der Waals surface area contributed by atoms with E-state index in [2.05, 4.69) is 25.9 Å². The Labute approximate surface area is 252 Å². The molecule has 0 saturated heterocycles. The highest BCUT2D eigenvalue weighted by molar-refractivity contribution is 6.31. The number of hydrogen-bond donors (Lipinski definition) is 4. The molecular formula is C29H32ClF2N7O4. The first kappa shape index (κ1) is 33.0. The van der Waals surface area contributed by atoms with Crippen LogP contribution in [0.5, 0.6) is 0 Å². The van der Waals surface area contributed by atoms with E-state index in [1.165, 1.54) is 41.4 Å². The average Bonchev–Trinajstić information content (AvgIpc) is 2.99. The van der Waals surface area contributed by atoms with Crippen molar-refractivity contribution >= 4 is 46.2 Å².